The molecule has 0 saturated carbocycles. The van der Waals surface area contributed by atoms with Crippen LogP contribution in [0.4, 0.5) is 0 Å². The van der Waals surface area contributed by atoms with Crippen LogP contribution in [0.2, 0.25) is 0 Å². The van der Waals surface area contributed by atoms with Gasteiger partial charge in [-0.05, 0) is 19.3 Å². The van der Waals surface area contributed by atoms with E-state index < -0.39 is 92.7 Å². The van der Waals surface area contributed by atoms with E-state index in [1.807, 2.05) is 0 Å². The summed E-state index contributed by atoms with van der Waals surface area (Å²) in [5.41, 5.74) is 0.134. The van der Waals surface area contributed by atoms with Crippen LogP contribution in [0.1, 0.15) is 26.7 Å². The highest BCUT2D eigenvalue weighted by Gasteiger charge is 2.58. The van der Waals surface area contributed by atoms with E-state index in [0.717, 1.165) is 0 Å². The van der Waals surface area contributed by atoms with Gasteiger partial charge in [0.25, 0.3) is 0 Å². The summed E-state index contributed by atoms with van der Waals surface area (Å²) < 4.78 is 21.2. The molecule has 2 fully saturated rings. The van der Waals surface area contributed by atoms with Crippen molar-refractivity contribution in [2.45, 2.75) is 87.6 Å². The van der Waals surface area contributed by atoms with Gasteiger partial charge in [0.15, 0.2) is 6.29 Å². The van der Waals surface area contributed by atoms with Gasteiger partial charge in [0.2, 0.25) is 5.79 Å². The second-order valence-corrected chi connectivity index (χ2v) is 9.63. The summed E-state index contributed by atoms with van der Waals surface area (Å²) in [5, 5.41) is 88.7. The molecule has 0 bridgehead atoms. The lowest BCUT2D eigenvalue weighted by atomic mass is 9.98. The molecule has 0 aromatic carbocycles. The Kier molecular flexibility index (Phi) is 12.4. The molecule has 2 aliphatic rings. The Balaban J connectivity index is 1.98. The molecule has 0 aromatic heterocycles. The standard InChI is InChI=1S/C24H38O15/c1-11(13(27)7-16(28)29)5-3-4-6-12(2)22(35)36-9-15-17(30)19(32)20(33)23(37-15)39-24(10-26)21(34)18(31)14(8-25)38-24/h3-4,6,11,13-15,17-21,23,25-27,30-34H,5,7-10H2,1-2H3,(H,28,29). The number of allylic oxidation sites excluding steroid dienone is 3. The van der Waals surface area contributed by atoms with Crippen molar-refractivity contribution in [3.05, 3.63) is 23.8 Å². The van der Waals surface area contributed by atoms with Gasteiger partial charge in [-0.15, -0.1) is 0 Å². The third-order valence-electron chi connectivity index (χ3n) is 6.62. The number of ether oxygens (including phenoxy) is 4. The fraction of sp³-hybridized carbons (Fsp3) is 0.750. The molecular formula is C24H38O15. The van der Waals surface area contributed by atoms with Crippen molar-refractivity contribution in [1.82, 2.24) is 0 Å². The van der Waals surface area contributed by atoms with E-state index in [4.69, 9.17) is 24.1 Å². The quantitative estimate of drug-likeness (QED) is 0.0596. The smallest absolute Gasteiger partial charge is 0.333 e. The van der Waals surface area contributed by atoms with Gasteiger partial charge in [0.1, 0.15) is 55.9 Å². The monoisotopic (exact) mass is 566 g/mol. The minimum Gasteiger partial charge on any atom is -0.481 e. The molecule has 2 rings (SSSR count). The van der Waals surface area contributed by atoms with E-state index in [2.05, 4.69) is 0 Å². The molecular weight excluding hydrogens is 528 g/mol. The molecule has 224 valence electrons. The van der Waals surface area contributed by atoms with E-state index in [1.54, 1.807) is 13.0 Å². The lowest BCUT2D eigenvalue weighted by molar-refractivity contribution is -0.383. The van der Waals surface area contributed by atoms with Crippen molar-refractivity contribution in [1.29, 1.82) is 0 Å². The first-order chi connectivity index (χ1) is 18.3. The van der Waals surface area contributed by atoms with E-state index in [0.29, 0.717) is 6.42 Å². The zero-order valence-electron chi connectivity index (χ0n) is 21.5. The van der Waals surface area contributed by atoms with Gasteiger partial charge in [-0.1, -0.05) is 25.2 Å². The van der Waals surface area contributed by atoms with Crippen molar-refractivity contribution in [2.24, 2.45) is 5.92 Å². The molecule has 0 aliphatic carbocycles. The topological polar surface area (TPSA) is 253 Å². The van der Waals surface area contributed by atoms with E-state index in [1.165, 1.54) is 19.1 Å². The lowest BCUT2D eigenvalue weighted by Crippen LogP contribution is -2.62. The van der Waals surface area contributed by atoms with Gasteiger partial charge in [0.05, 0.1) is 19.1 Å². The zero-order valence-corrected chi connectivity index (χ0v) is 21.5. The maximum Gasteiger partial charge on any atom is 0.333 e. The number of aliphatic hydroxyl groups is 8. The van der Waals surface area contributed by atoms with Crippen molar-refractivity contribution in [2.75, 3.05) is 19.8 Å². The molecule has 39 heavy (non-hydrogen) atoms. The van der Waals surface area contributed by atoms with Crippen LogP contribution in [-0.2, 0) is 28.5 Å². The van der Waals surface area contributed by atoms with Crippen LogP contribution in [-0.4, -0.2) is 139 Å². The molecule has 15 heteroatoms. The maximum atomic E-state index is 12.4. The number of aliphatic hydroxyl groups excluding tert-OH is 8. The number of carbonyl (C=O) groups is 2. The molecule has 0 aromatic rings. The van der Waals surface area contributed by atoms with Gasteiger partial charge in [-0.2, -0.15) is 0 Å². The molecule has 0 spiro atoms. The number of esters is 1. The zero-order chi connectivity index (χ0) is 29.5. The number of hydrogen-bond donors (Lipinski definition) is 9. The minimum absolute atomic E-state index is 0.134. The minimum atomic E-state index is -2.34. The first-order valence-corrected chi connectivity index (χ1v) is 12.3. The fourth-order valence-electron chi connectivity index (χ4n) is 4.00. The van der Waals surface area contributed by atoms with Gasteiger partial charge >= 0.3 is 11.9 Å². The van der Waals surface area contributed by atoms with Crippen LogP contribution in [0.3, 0.4) is 0 Å². The Morgan fingerprint density at radius 2 is 1.69 bits per heavy atom. The number of carboxylic acids is 1. The molecule has 11 atom stereocenters. The van der Waals surface area contributed by atoms with Crippen molar-refractivity contribution in [3.63, 3.8) is 0 Å². The predicted molar refractivity (Wildman–Crippen MR) is 127 cm³/mol. The summed E-state index contributed by atoms with van der Waals surface area (Å²) in [6, 6.07) is 0. The maximum absolute atomic E-state index is 12.4. The number of carbonyl (C=O) groups excluding carboxylic acids is 1. The Hall–Kier alpha value is -2.02. The predicted octanol–water partition coefficient (Wildman–Crippen LogP) is -3.48. The van der Waals surface area contributed by atoms with E-state index in [-0.39, 0.29) is 17.9 Å². The molecule has 11 unspecified atom stereocenters. The molecule has 15 nitrogen and oxygen atoms in total. The second-order valence-electron chi connectivity index (χ2n) is 9.63. The highest BCUT2D eigenvalue weighted by molar-refractivity contribution is 5.88. The van der Waals surface area contributed by atoms with Crippen molar-refractivity contribution in [3.8, 4) is 0 Å². The van der Waals surface area contributed by atoms with Gasteiger partial charge in [0, 0.05) is 5.57 Å². The fourth-order valence-corrected chi connectivity index (χ4v) is 4.00. The van der Waals surface area contributed by atoms with Gasteiger partial charge in [-0.25, -0.2) is 4.79 Å². The summed E-state index contributed by atoms with van der Waals surface area (Å²) in [5.74, 6) is -4.61. The van der Waals surface area contributed by atoms with Crippen LogP contribution in [0, 0.1) is 5.92 Å². The van der Waals surface area contributed by atoms with E-state index in [9.17, 15) is 50.4 Å². The first-order valence-electron chi connectivity index (χ1n) is 12.3. The SMILES string of the molecule is CC(=CC=CCC(C)C(O)CC(=O)O)C(=O)OCC1OC(OC2(CO)OC(CO)C(O)C2O)C(O)C(O)C1O. The summed E-state index contributed by atoms with van der Waals surface area (Å²) in [6.45, 7) is 0.737. The molecule has 0 radical (unpaired) electrons. The highest BCUT2D eigenvalue weighted by atomic mass is 16.8. The third kappa shape index (κ3) is 8.25. The Labute approximate surface area is 224 Å². The Morgan fingerprint density at radius 3 is 2.26 bits per heavy atom. The number of aliphatic carboxylic acids is 1. The highest BCUT2D eigenvalue weighted by Crippen LogP contribution is 2.36. The molecule has 0 amide bonds. The van der Waals surface area contributed by atoms with Crippen molar-refractivity contribution < 1.29 is 74.5 Å². The average Bonchev–Trinajstić information content (AvgIpc) is 3.14. The van der Waals surface area contributed by atoms with Crippen molar-refractivity contribution >= 4 is 11.9 Å². The molecule has 2 heterocycles. The van der Waals surface area contributed by atoms with E-state index >= 15 is 0 Å². The lowest BCUT2D eigenvalue weighted by Gasteiger charge is -2.43. The van der Waals surface area contributed by atoms with Crippen LogP contribution < -0.4 is 0 Å². The van der Waals surface area contributed by atoms with Gasteiger partial charge in [-0.3, -0.25) is 4.79 Å². The normalized spacial score (nSPS) is 37.1. The molecule has 2 saturated heterocycles. The van der Waals surface area contributed by atoms with Crippen LogP contribution in [0.15, 0.2) is 23.8 Å². The Morgan fingerprint density at radius 1 is 1.03 bits per heavy atom. The Bertz CT molecular complexity index is 878. The summed E-state index contributed by atoms with van der Waals surface area (Å²) in [6.07, 6.45) is -10.1. The second kappa shape index (κ2) is 14.6. The first kappa shape index (κ1) is 33.2. The third-order valence-corrected chi connectivity index (χ3v) is 6.62. The average molecular weight is 567 g/mol. The van der Waals surface area contributed by atoms with Crippen LogP contribution in [0.5, 0.6) is 0 Å². The number of rotatable bonds is 13. The number of hydrogen-bond acceptors (Lipinski definition) is 14. The summed E-state index contributed by atoms with van der Waals surface area (Å²) in [7, 11) is 0. The molecule has 9 N–H and O–H groups in total. The molecule has 2 aliphatic heterocycles. The summed E-state index contributed by atoms with van der Waals surface area (Å²) >= 11 is 0. The number of carboxylic acid groups (broad SMARTS) is 1. The van der Waals surface area contributed by atoms with Crippen LogP contribution >= 0.6 is 0 Å². The van der Waals surface area contributed by atoms with Gasteiger partial charge < -0.3 is 64.9 Å². The summed E-state index contributed by atoms with van der Waals surface area (Å²) in [4.78, 5) is 23.0. The largest absolute Gasteiger partial charge is 0.481 e. The van der Waals surface area contributed by atoms with Crippen LogP contribution in [0.25, 0.3) is 0 Å².